The largest absolute Gasteiger partial charge is 0.462 e. The van der Waals surface area contributed by atoms with Crippen molar-refractivity contribution in [2.24, 2.45) is 11.7 Å². The Kier molecular flexibility index (Phi) is 6.45. The first-order valence-electron chi connectivity index (χ1n) is 7.86. The molecule has 3 rings (SSSR count). The zero-order valence-electron chi connectivity index (χ0n) is 13.8. The first-order valence-corrected chi connectivity index (χ1v) is 10.1. The van der Waals surface area contributed by atoms with E-state index >= 15 is 0 Å². The summed E-state index contributed by atoms with van der Waals surface area (Å²) in [4.78, 5) is 12.6. The summed E-state index contributed by atoms with van der Waals surface area (Å²) in [6.07, 6.45) is 0.795. The third kappa shape index (κ3) is 3.98. The van der Waals surface area contributed by atoms with E-state index in [1.54, 1.807) is 31.2 Å². The molecule has 1 atom stereocenters. The molecule has 2 heterocycles. The Morgan fingerprint density at radius 2 is 2.16 bits per heavy atom. The maximum Gasteiger partial charge on any atom is 0.348 e. The average Bonchev–Trinajstić information content (AvgIpc) is 3.21. The van der Waals surface area contributed by atoms with Crippen molar-refractivity contribution >= 4 is 49.8 Å². The van der Waals surface area contributed by atoms with E-state index in [1.807, 2.05) is 0 Å². The first kappa shape index (κ1) is 20.1. The van der Waals surface area contributed by atoms with Gasteiger partial charge in [0.05, 0.1) is 11.5 Å². The number of nitrogens with zero attached hydrogens (tertiary/aromatic N) is 1. The second-order valence-electron chi connectivity index (χ2n) is 5.78. The molecule has 9 heteroatoms. The smallest absolute Gasteiger partial charge is 0.348 e. The minimum atomic E-state index is -3.53. The van der Waals surface area contributed by atoms with E-state index in [4.69, 9.17) is 10.5 Å². The Bertz CT molecular complexity index is 866. The standard InChI is InChI=1S/C16H20N2O4S2.ClH/c1-2-22-16(19)15-8-12-7-13(3-4-14(12)23-15)24(20,21)18-6-5-11(9-17)10-18;/h3-4,7-8,11H,2,5-6,9-10,17H2,1H3;1H. The molecule has 0 radical (unpaired) electrons. The summed E-state index contributed by atoms with van der Waals surface area (Å²) in [5.74, 6) is -0.159. The summed E-state index contributed by atoms with van der Waals surface area (Å²) in [5.41, 5.74) is 5.64. The topological polar surface area (TPSA) is 89.7 Å². The lowest BCUT2D eigenvalue weighted by atomic mass is 10.1. The maximum absolute atomic E-state index is 12.8. The van der Waals surface area contributed by atoms with Crippen LogP contribution in [0.3, 0.4) is 0 Å². The molecule has 2 N–H and O–H groups in total. The molecular weight excluding hydrogens is 384 g/mol. The molecule has 1 aromatic carbocycles. The molecule has 0 spiro atoms. The van der Waals surface area contributed by atoms with Gasteiger partial charge in [-0.25, -0.2) is 13.2 Å². The monoisotopic (exact) mass is 404 g/mol. The van der Waals surface area contributed by atoms with Crippen LogP contribution in [0.4, 0.5) is 0 Å². The highest BCUT2D eigenvalue weighted by molar-refractivity contribution is 7.89. The van der Waals surface area contributed by atoms with Crippen molar-refractivity contribution in [2.75, 3.05) is 26.2 Å². The maximum atomic E-state index is 12.8. The van der Waals surface area contributed by atoms with Gasteiger partial charge < -0.3 is 10.5 Å². The predicted octanol–water partition coefficient (Wildman–Crippen LogP) is 2.47. The van der Waals surface area contributed by atoms with Gasteiger partial charge in [0.1, 0.15) is 4.88 Å². The van der Waals surface area contributed by atoms with Crippen LogP contribution in [0.15, 0.2) is 29.2 Å². The highest BCUT2D eigenvalue weighted by Crippen LogP contribution is 2.30. The molecular formula is C16H21ClN2O4S2. The van der Waals surface area contributed by atoms with Gasteiger partial charge in [-0.3, -0.25) is 0 Å². The van der Waals surface area contributed by atoms with Gasteiger partial charge in [0, 0.05) is 17.8 Å². The van der Waals surface area contributed by atoms with Crippen molar-refractivity contribution < 1.29 is 17.9 Å². The van der Waals surface area contributed by atoms with Gasteiger partial charge in [-0.1, -0.05) is 0 Å². The van der Waals surface area contributed by atoms with Crippen molar-refractivity contribution in [3.63, 3.8) is 0 Å². The number of carbonyl (C=O) groups excluding carboxylic acids is 1. The number of sulfonamides is 1. The molecule has 1 saturated heterocycles. The molecule has 2 aromatic rings. The molecule has 1 aliphatic heterocycles. The van der Waals surface area contributed by atoms with Crippen LogP contribution >= 0.6 is 23.7 Å². The number of nitrogens with two attached hydrogens (primary N) is 1. The number of benzene rings is 1. The summed E-state index contributed by atoms with van der Waals surface area (Å²) in [6.45, 7) is 3.53. The van der Waals surface area contributed by atoms with Gasteiger partial charge in [0.15, 0.2) is 0 Å². The van der Waals surface area contributed by atoms with Gasteiger partial charge in [0.2, 0.25) is 10.0 Å². The lowest BCUT2D eigenvalue weighted by Crippen LogP contribution is -2.29. The lowest BCUT2D eigenvalue weighted by Gasteiger charge is -2.16. The van der Waals surface area contributed by atoms with E-state index in [-0.39, 0.29) is 29.2 Å². The minimum Gasteiger partial charge on any atom is -0.462 e. The summed E-state index contributed by atoms with van der Waals surface area (Å²) in [5, 5.41) is 0.735. The third-order valence-electron chi connectivity index (χ3n) is 4.18. The van der Waals surface area contributed by atoms with Gasteiger partial charge in [-0.15, -0.1) is 23.7 Å². The van der Waals surface area contributed by atoms with E-state index in [0.717, 1.165) is 16.5 Å². The number of halogens is 1. The average molecular weight is 405 g/mol. The quantitative estimate of drug-likeness (QED) is 0.773. The normalized spacial score (nSPS) is 18.2. The Morgan fingerprint density at radius 1 is 1.40 bits per heavy atom. The van der Waals surface area contributed by atoms with E-state index < -0.39 is 10.0 Å². The molecule has 0 saturated carbocycles. The molecule has 0 bridgehead atoms. The fourth-order valence-corrected chi connectivity index (χ4v) is 5.35. The molecule has 0 amide bonds. The zero-order chi connectivity index (χ0) is 17.3. The van der Waals surface area contributed by atoms with Gasteiger partial charge >= 0.3 is 5.97 Å². The number of esters is 1. The number of rotatable bonds is 5. The van der Waals surface area contributed by atoms with Crippen molar-refractivity contribution in [3.05, 3.63) is 29.1 Å². The number of fused-ring (bicyclic) bond motifs is 1. The van der Waals surface area contributed by atoms with Crippen molar-refractivity contribution in [2.45, 2.75) is 18.2 Å². The van der Waals surface area contributed by atoms with Crippen LogP contribution in [0, 0.1) is 5.92 Å². The first-order chi connectivity index (χ1) is 11.5. The lowest BCUT2D eigenvalue weighted by molar-refractivity contribution is 0.0532. The van der Waals surface area contributed by atoms with Gasteiger partial charge in [-0.2, -0.15) is 4.31 Å². The van der Waals surface area contributed by atoms with Gasteiger partial charge in [-0.05, 0) is 55.5 Å². The van der Waals surface area contributed by atoms with Crippen LogP contribution in [0.25, 0.3) is 10.1 Å². The summed E-state index contributed by atoms with van der Waals surface area (Å²) < 4.78 is 32.9. The fourth-order valence-electron chi connectivity index (χ4n) is 2.84. The van der Waals surface area contributed by atoms with Crippen LogP contribution in [0.5, 0.6) is 0 Å². The molecule has 6 nitrogen and oxygen atoms in total. The Labute approximate surface area is 157 Å². The SMILES string of the molecule is CCOC(=O)c1cc2cc(S(=O)(=O)N3CCC(CN)C3)ccc2s1.Cl. The van der Waals surface area contributed by atoms with Crippen molar-refractivity contribution in [1.82, 2.24) is 4.31 Å². The van der Waals surface area contributed by atoms with E-state index in [1.165, 1.54) is 15.6 Å². The molecule has 0 aliphatic carbocycles. The van der Waals surface area contributed by atoms with Crippen LogP contribution < -0.4 is 5.73 Å². The van der Waals surface area contributed by atoms with Crippen LogP contribution in [-0.2, 0) is 14.8 Å². The molecule has 1 unspecified atom stereocenters. The number of hydrogen-bond donors (Lipinski definition) is 1. The Balaban J connectivity index is 0.00000225. The van der Waals surface area contributed by atoms with Gasteiger partial charge in [0.25, 0.3) is 0 Å². The van der Waals surface area contributed by atoms with Crippen molar-refractivity contribution in [3.8, 4) is 0 Å². The zero-order valence-corrected chi connectivity index (χ0v) is 16.3. The number of ether oxygens (including phenoxy) is 1. The molecule has 1 aliphatic rings. The summed E-state index contributed by atoms with van der Waals surface area (Å²) in [7, 11) is -3.53. The highest BCUT2D eigenvalue weighted by Gasteiger charge is 2.32. The molecule has 25 heavy (non-hydrogen) atoms. The number of hydrogen-bond acceptors (Lipinski definition) is 6. The third-order valence-corrected chi connectivity index (χ3v) is 7.14. The van der Waals surface area contributed by atoms with Crippen LogP contribution in [-0.4, -0.2) is 44.9 Å². The summed E-state index contributed by atoms with van der Waals surface area (Å²) >= 11 is 1.30. The molecule has 138 valence electrons. The minimum absolute atomic E-state index is 0. The van der Waals surface area contributed by atoms with E-state index in [2.05, 4.69) is 0 Å². The second kappa shape index (κ2) is 8.01. The predicted molar refractivity (Wildman–Crippen MR) is 101 cm³/mol. The second-order valence-corrected chi connectivity index (χ2v) is 8.81. The molecule has 1 aromatic heterocycles. The number of thiophene rings is 1. The fraction of sp³-hybridized carbons (Fsp3) is 0.438. The van der Waals surface area contributed by atoms with Crippen LogP contribution in [0.2, 0.25) is 0 Å². The van der Waals surface area contributed by atoms with E-state index in [0.29, 0.717) is 31.1 Å². The Hall–Kier alpha value is -1.19. The van der Waals surface area contributed by atoms with Crippen LogP contribution in [0.1, 0.15) is 23.0 Å². The van der Waals surface area contributed by atoms with Crippen molar-refractivity contribution in [1.29, 1.82) is 0 Å². The molecule has 1 fully saturated rings. The van der Waals surface area contributed by atoms with E-state index in [9.17, 15) is 13.2 Å². The Morgan fingerprint density at radius 3 is 2.80 bits per heavy atom. The highest BCUT2D eigenvalue weighted by atomic mass is 35.5. The number of carbonyl (C=O) groups is 1. The summed E-state index contributed by atoms with van der Waals surface area (Å²) in [6, 6.07) is 6.65.